The van der Waals surface area contributed by atoms with E-state index >= 15 is 0 Å². The highest BCUT2D eigenvalue weighted by atomic mass is 35.5. The van der Waals surface area contributed by atoms with Gasteiger partial charge in [-0.3, -0.25) is 4.79 Å². The van der Waals surface area contributed by atoms with Crippen LogP contribution in [0.25, 0.3) is 0 Å². The number of hydrogen-bond acceptors (Lipinski definition) is 8. The smallest absolute Gasteiger partial charge is 0.267 e. The van der Waals surface area contributed by atoms with Crippen molar-refractivity contribution in [2.24, 2.45) is 5.16 Å². The number of hydrogen-bond donors (Lipinski definition) is 2. The molecule has 4 rings (SSSR count). The lowest BCUT2D eigenvalue weighted by Crippen LogP contribution is -2.19. The monoisotopic (exact) mass is 456 g/mol. The first-order chi connectivity index (χ1) is 14.8. The van der Waals surface area contributed by atoms with Gasteiger partial charge in [0, 0.05) is 6.07 Å². The van der Waals surface area contributed by atoms with Crippen molar-refractivity contribution in [2.45, 2.75) is 39.7 Å². The van der Waals surface area contributed by atoms with E-state index in [0.29, 0.717) is 32.4 Å². The molecule has 2 N–H and O–H groups in total. The number of para-hydroxylation sites is 1. The van der Waals surface area contributed by atoms with Crippen LogP contribution in [0, 0.1) is 13.8 Å². The lowest BCUT2D eigenvalue weighted by atomic mass is 9.95. The summed E-state index contributed by atoms with van der Waals surface area (Å²) in [6.45, 7) is 7.60. The Labute approximate surface area is 188 Å². The Bertz CT molecular complexity index is 1160. The standard InChI is InChI=1S/C21H21ClN6O2S/c1-10-6-5-7-14(22)19(10)27-20(29)16-9-23-21(31-16)26-17-8-15(24-13(4)25-17)18-11(2)28-30-12(18)3/h5-9,12,18H,1-4H3,(H,27,29)(H,23,24,25,26). The molecule has 2 unspecified atom stereocenters. The number of rotatable bonds is 5. The van der Waals surface area contributed by atoms with Gasteiger partial charge in [0.2, 0.25) is 0 Å². The van der Waals surface area contributed by atoms with Crippen LogP contribution in [0.5, 0.6) is 0 Å². The first kappa shape index (κ1) is 21.2. The number of amides is 1. The second kappa shape index (κ2) is 8.60. The lowest BCUT2D eigenvalue weighted by Gasteiger charge is -2.15. The van der Waals surface area contributed by atoms with Crippen LogP contribution >= 0.6 is 22.9 Å². The normalized spacial score (nSPS) is 17.8. The van der Waals surface area contributed by atoms with Crippen molar-refractivity contribution >= 4 is 51.2 Å². The summed E-state index contributed by atoms with van der Waals surface area (Å²) in [4.78, 5) is 31.8. The van der Waals surface area contributed by atoms with Gasteiger partial charge >= 0.3 is 0 Å². The highest BCUT2D eigenvalue weighted by Crippen LogP contribution is 2.31. The predicted octanol–water partition coefficient (Wildman–Crippen LogP) is 5.08. The molecule has 0 saturated heterocycles. The van der Waals surface area contributed by atoms with Gasteiger partial charge in [0.05, 0.1) is 34.2 Å². The number of nitrogens with zero attached hydrogens (tertiary/aromatic N) is 4. The zero-order valence-corrected chi connectivity index (χ0v) is 19.0. The van der Waals surface area contributed by atoms with Gasteiger partial charge in [-0.2, -0.15) is 0 Å². The number of anilines is 3. The molecule has 1 aromatic carbocycles. The van der Waals surface area contributed by atoms with Gasteiger partial charge in [-0.05, 0) is 39.3 Å². The van der Waals surface area contributed by atoms with E-state index in [-0.39, 0.29) is 17.9 Å². The average molecular weight is 457 g/mol. The highest BCUT2D eigenvalue weighted by Gasteiger charge is 2.31. The summed E-state index contributed by atoms with van der Waals surface area (Å²) in [6.07, 6.45) is 1.43. The number of nitrogens with one attached hydrogen (secondary N) is 2. The summed E-state index contributed by atoms with van der Waals surface area (Å²) in [6, 6.07) is 7.32. The maximum absolute atomic E-state index is 12.7. The molecule has 1 amide bonds. The van der Waals surface area contributed by atoms with Crippen molar-refractivity contribution in [1.29, 1.82) is 0 Å². The molecule has 2 atom stereocenters. The number of aromatic nitrogens is 3. The molecule has 0 radical (unpaired) electrons. The minimum absolute atomic E-state index is 0.0289. The summed E-state index contributed by atoms with van der Waals surface area (Å²) in [5, 5.41) is 11.1. The largest absolute Gasteiger partial charge is 0.392 e. The molecular formula is C21H21ClN6O2S. The lowest BCUT2D eigenvalue weighted by molar-refractivity contribution is 0.0898. The van der Waals surface area contributed by atoms with Gasteiger partial charge in [-0.1, -0.05) is 40.2 Å². The maximum Gasteiger partial charge on any atom is 0.267 e. The van der Waals surface area contributed by atoms with E-state index in [0.717, 1.165) is 17.0 Å². The minimum Gasteiger partial charge on any atom is -0.392 e. The summed E-state index contributed by atoms with van der Waals surface area (Å²) in [5.74, 6) is 0.914. The Morgan fingerprint density at radius 1 is 1.23 bits per heavy atom. The van der Waals surface area contributed by atoms with Crippen molar-refractivity contribution in [3.05, 3.63) is 57.4 Å². The molecule has 160 valence electrons. The Balaban J connectivity index is 1.52. The number of oxime groups is 1. The molecule has 1 aliphatic rings. The second-order valence-corrected chi connectivity index (χ2v) is 8.72. The van der Waals surface area contributed by atoms with Crippen LogP contribution in [-0.2, 0) is 4.84 Å². The van der Waals surface area contributed by atoms with Crippen molar-refractivity contribution in [1.82, 2.24) is 15.0 Å². The molecular weight excluding hydrogens is 436 g/mol. The van der Waals surface area contributed by atoms with E-state index < -0.39 is 0 Å². The molecule has 3 aromatic rings. The molecule has 3 heterocycles. The van der Waals surface area contributed by atoms with Crippen LogP contribution in [0.4, 0.5) is 16.6 Å². The summed E-state index contributed by atoms with van der Waals surface area (Å²) < 4.78 is 0. The molecule has 0 spiro atoms. The number of benzene rings is 1. The Hall–Kier alpha value is -3.04. The first-order valence-corrected chi connectivity index (χ1v) is 10.9. The van der Waals surface area contributed by atoms with Crippen molar-refractivity contribution in [2.75, 3.05) is 10.6 Å². The Morgan fingerprint density at radius 3 is 2.74 bits per heavy atom. The number of carbonyl (C=O) groups is 1. The van der Waals surface area contributed by atoms with Crippen molar-refractivity contribution in [3.63, 3.8) is 0 Å². The van der Waals surface area contributed by atoms with Gasteiger partial charge in [0.15, 0.2) is 5.13 Å². The third-order valence-electron chi connectivity index (χ3n) is 4.88. The molecule has 0 saturated carbocycles. The van der Waals surface area contributed by atoms with Crippen LogP contribution in [0.15, 0.2) is 35.6 Å². The third kappa shape index (κ3) is 4.52. The van der Waals surface area contributed by atoms with Gasteiger partial charge in [0.1, 0.15) is 22.6 Å². The third-order valence-corrected chi connectivity index (χ3v) is 6.11. The Kier molecular flexibility index (Phi) is 5.88. The second-order valence-electron chi connectivity index (χ2n) is 7.29. The van der Waals surface area contributed by atoms with Crippen LogP contribution in [0.3, 0.4) is 0 Å². The van der Waals surface area contributed by atoms with Gasteiger partial charge < -0.3 is 15.5 Å². The van der Waals surface area contributed by atoms with E-state index in [2.05, 4.69) is 30.7 Å². The van der Waals surface area contributed by atoms with E-state index in [4.69, 9.17) is 16.4 Å². The first-order valence-electron chi connectivity index (χ1n) is 9.67. The van der Waals surface area contributed by atoms with Gasteiger partial charge in [0.25, 0.3) is 5.91 Å². The van der Waals surface area contributed by atoms with Crippen molar-refractivity contribution < 1.29 is 9.63 Å². The number of thiazole rings is 1. The summed E-state index contributed by atoms with van der Waals surface area (Å²) >= 11 is 7.43. The fourth-order valence-corrected chi connectivity index (χ4v) is 4.39. The zero-order chi connectivity index (χ0) is 22.1. The van der Waals surface area contributed by atoms with Gasteiger partial charge in [-0.25, -0.2) is 15.0 Å². The molecule has 8 nitrogen and oxygen atoms in total. The molecule has 2 aromatic heterocycles. The quantitative estimate of drug-likeness (QED) is 0.555. The average Bonchev–Trinajstić information content (AvgIpc) is 3.30. The SMILES string of the molecule is CC1=NOC(C)C1c1cc(Nc2ncc(C(=O)Nc3c(C)cccc3Cl)s2)nc(C)n1. The fraction of sp³-hybridized carbons (Fsp3) is 0.286. The number of carbonyl (C=O) groups excluding carboxylic acids is 1. The Morgan fingerprint density at radius 2 is 2.03 bits per heavy atom. The number of aryl methyl sites for hydroxylation is 2. The zero-order valence-electron chi connectivity index (χ0n) is 17.4. The summed E-state index contributed by atoms with van der Waals surface area (Å²) in [5.41, 5.74) is 3.18. The highest BCUT2D eigenvalue weighted by molar-refractivity contribution is 7.17. The van der Waals surface area contributed by atoms with E-state index in [1.165, 1.54) is 17.5 Å². The molecule has 31 heavy (non-hydrogen) atoms. The molecule has 0 bridgehead atoms. The van der Waals surface area contributed by atoms with Crippen LogP contribution < -0.4 is 10.6 Å². The molecule has 0 fully saturated rings. The maximum atomic E-state index is 12.7. The predicted molar refractivity (Wildman–Crippen MR) is 123 cm³/mol. The topological polar surface area (TPSA) is 101 Å². The number of halogens is 1. The molecule has 1 aliphatic heterocycles. The summed E-state index contributed by atoms with van der Waals surface area (Å²) in [7, 11) is 0. The van der Waals surface area contributed by atoms with Crippen LogP contribution in [0.2, 0.25) is 5.02 Å². The van der Waals surface area contributed by atoms with E-state index in [1.807, 2.05) is 45.9 Å². The minimum atomic E-state index is -0.273. The molecule has 0 aliphatic carbocycles. The van der Waals surface area contributed by atoms with E-state index in [9.17, 15) is 4.79 Å². The fourth-order valence-electron chi connectivity index (χ4n) is 3.40. The van der Waals surface area contributed by atoms with Crippen LogP contribution in [-0.4, -0.2) is 32.7 Å². The van der Waals surface area contributed by atoms with Crippen LogP contribution in [0.1, 0.15) is 46.5 Å². The van der Waals surface area contributed by atoms with Crippen molar-refractivity contribution in [3.8, 4) is 0 Å². The van der Waals surface area contributed by atoms with Gasteiger partial charge in [-0.15, -0.1) is 0 Å². The molecule has 10 heteroatoms. The van der Waals surface area contributed by atoms with E-state index in [1.54, 1.807) is 6.07 Å².